The molecule has 5 rings (SSSR count). The maximum absolute atomic E-state index is 6.32. The molecule has 0 atom stereocenters. The normalized spacial score (nSPS) is 18.2. The van der Waals surface area contributed by atoms with Crippen LogP contribution in [-0.2, 0) is 4.74 Å². The summed E-state index contributed by atoms with van der Waals surface area (Å²) in [6, 6.07) is 16.8. The Morgan fingerprint density at radius 2 is 1.90 bits per heavy atom. The van der Waals surface area contributed by atoms with E-state index in [-0.39, 0.29) is 7.53 Å². The number of nitrogens with one attached hydrogen (secondary N) is 1. The van der Waals surface area contributed by atoms with Gasteiger partial charge in [0.2, 0.25) is 5.95 Å². The number of likely N-dealkylation sites (tertiary alicyclic amines) is 1. The molecule has 1 aromatic heterocycles. The van der Waals surface area contributed by atoms with Gasteiger partial charge in [-0.3, -0.25) is 4.90 Å². The van der Waals surface area contributed by atoms with Gasteiger partial charge < -0.3 is 14.8 Å². The third-order valence-electron chi connectivity index (χ3n) is 5.74. The van der Waals surface area contributed by atoms with Gasteiger partial charge in [0.05, 0.1) is 24.9 Å². The summed E-state index contributed by atoms with van der Waals surface area (Å²) in [5, 5.41) is 7.83. The van der Waals surface area contributed by atoms with Gasteiger partial charge in [0.25, 0.3) is 0 Å². The summed E-state index contributed by atoms with van der Waals surface area (Å²) in [5.74, 6) is 1.46. The molecule has 0 unspecified atom stereocenters. The minimum atomic E-state index is 0. The molecule has 0 bridgehead atoms. The number of ether oxygens (including phenoxy) is 2. The van der Waals surface area contributed by atoms with Gasteiger partial charge >= 0.3 is 0 Å². The summed E-state index contributed by atoms with van der Waals surface area (Å²) in [6.45, 7) is 6.00. The topological polar surface area (TPSA) is 64.4 Å². The molecule has 0 aliphatic carbocycles. The SMILES string of the molecule is Cc1cc(Nc2ncn(-c3ccccc3)n2)cc(OC2CCN(C3COC3)CC2)c1.[HH]. The standard InChI is InChI=1S/C23H27N5O2.H2/c1-17-11-18(25-23-24-16-28(26-23)19-5-3-2-4-6-19)13-22(12-17)30-21-7-9-27(10-8-21)20-14-29-15-20;/h2-6,11-13,16,20-21H,7-10,14-15H2,1H3,(H,25,26);1H. The summed E-state index contributed by atoms with van der Waals surface area (Å²) in [6.07, 6.45) is 4.07. The number of nitrogens with zero attached hydrogens (tertiary/aromatic N) is 4. The van der Waals surface area contributed by atoms with Crippen molar-refractivity contribution in [1.82, 2.24) is 19.7 Å². The van der Waals surface area contributed by atoms with E-state index in [9.17, 15) is 0 Å². The lowest BCUT2D eigenvalue weighted by molar-refractivity contribution is -0.0778. The summed E-state index contributed by atoms with van der Waals surface area (Å²) in [4.78, 5) is 6.91. The van der Waals surface area contributed by atoms with Crippen molar-refractivity contribution < 1.29 is 10.9 Å². The highest BCUT2D eigenvalue weighted by Gasteiger charge is 2.30. The predicted molar refractivity (Wildman–Crippen MR) is 118 cm³/mol. The average molecular weight is 408 g/mol. The van der Waals surface area contributed by atoms with Crippen molar-refractivity contribution in [3.8, 4) is 11.4 Å². The van der Waals surface area contributed by atoms with E-state index in [0.29, 0.717) is 12.0 Å². The molecular formula is C23H29N5O2. The number of piperidine rings is 1. The summed E-state index contributed by atoms with van der Waals surface area (Å²) in [7, 11) is 0. The molecule has 2 saturated heterocycles. The fraction of sp³-hybridized carbons (Fsp3) is 0.391. The molecule has 0 amide bonds. The number of aromatic nitrogens is 3. The first-order valence-corrected chi connectivity index (χ1v) is 10.6. The van der Waals surface area contributed by atoms with Crippen molar-refractivity contribution in [3.63, 3.8) is 0 Å². The Hall–Kier alpha value is -2.90. The van der Waals surface area contributed by atoms with Gasteiger partial charge in [-0.2, -0.15) is 4.98 Å². The number of para-hydroxylation sites is 1. The molecule has 0 saturated carbocycles. The average Bonchev–Trinajstić information content (AvgIpc) is 3.17. The highest BCUT2D eigenvalue weighted by Crippen LogP contribution is 2.27. The zero-order valence-corrected chi connectivity index (χ0v) is 17.2. The van der Waals surface area contributed by atoms with E-state index < -0.39 is 0 Å². The van der Waals surface area contributed by atoms with Crippen LogP contribution in [-0.4, -0.2) is 58.1 Å². The molecule has 2 aliphatic rings. The van der Waals surface area contributed by atoms with Gasteiger partial charge in [0.15, 0.2) is 0 Å². The molecule has 1 N–H and O–H groups in total. The lowest BCUT2D eigenvalue weighted by Crippen LogP contribution is -2.52. The van der Waals surface area contributed by atoms with E-state index in [1.54, 1.807) is 11.0 Å². The zero-order valence-electron chi connectivity index (χ0n) is 17.2. The minimum Gasteiger partial charge on any atom is -0.490 e. The molecule has 2 fully saturated rings. The molecule has 158 valence electrons. The van der Waals surface area contributed by atoms with Crippen LogP contribution in [0.2, 0.25) is 0 Å². The van der Waals surface area contributed by atoms with Gasteiger partial charge in [-0.15, -0.1) is 5.10 Å². The second kappa shape index (κ2) is 8.45. The van der Waals surface area contributed by atoms with E-state index in [2.05, 4.69) is 39.4 Å². The third kappa shape index (κ3) is 4.32. The van der Waals surface area contributed by atoms with Gasteiger partial charge in [0.1, 0.15) is 18.2 Å². The van der Waals surface area contributed by atoms with Crippen LogP contribution in [0.25, 0.3) is 5.69 Å². The maximum Gasteiger partial charge on any atom is 0.246 e. The van der Waals surface area contributed by atoms with E-state index in [1.165, 1.54) is 0 Å². The quantitative estimate of drug-likeness (QED) is 0.670. The minimum absolute atomic E-state index is 0. The molecule has 30 heavy (non-hydrogen) atoms. The number of rotatable bonds is 6. The molecule has 0 radical (unpaired) electrons. The van der Waals surface area contributed by atoms with Crippen molar-refractivity contribution in [2.45, 2.75) is 31.9 Å². The molecule has 0 spiro atoms. The Balaban J connectivity index is 0.00000231. The first-order chi connectivity index (χ1) is 14.7. The number of anilines is 2. The van der Waals surface area contributed by atoms with Gasteiger partial charge in [0, 0.05) is 26.3 Å². The Kier molecular flexibility index (Phi) is 5.38. The van der Waals surface area contributed by atoms with Gasteiger partial charge in [-0.1, -0.05) is 18.2 Å². The fourth-order valence-corrected chi connectivity index (χ4v) is 4.03. The summed E-state index contributed by atoms with van der Waals surface area (Å²) < 4.78 is 13.4. The molecular weight excluding hydrogens is 378 g/mol. The predicted octanol–water partition coefficient (Wildman–Crippen LogP) is 3.81. The highest BCUT2D eigenvalue weighted by atomic mass is 16.5. The first kappa shape index (κ1) is 19.1. The highest BCUT2D eigenvalue weighted by molar-refractivity contribution is 5.57. The monoisotopic (exact) mass is 407 g/mol. The molecule has 7 heteroatoms. The van der Waals surface area contributed by atoms with Crippen molar-refractivity contribution in [3.05, 3.63) is 60.4 Å². The second-order valence-corrected chi connectivity index (χ2v) is 8.05. The van der Waals surface area contributed by atoms with Crippen molar-refractivity contribution in [1.29, 1.82) is 0 Å². The van der Waals surface area contributed by atoms with Gasteiger partial charge in [-0.25, -0.2) is 4.68 Å². The smallest absolute Gasteiger partial charge is 0.246 e. The fourth-order valence-electron chi connectivity index (χ4n) is 4.03. The van der Waals surface area contributed by atoms with Crippen molar-refractivity contribution in [2.75, 3.05) is 31.6 Å². The van der Waals surface area contributed by atoms with Crippen LogP contribution in [0.1, 0.15) is 19.8 Å². The number of hydrogen-bond acceptors (Lipinski definition) is 6. The molecule has 3 heterocycles. The van der Waals surface area contributed by atoms with E-state index >= 15 is 0 Å². The van der Waals surface area contributed by atoms with Crippen LogP contribution in [0, 0.1) is 6.92 Å². The Bertz CT molecular complexity index is 985. The zero-order chi connectivity index (χ0) is 20.3. The van der Waals surface area contributed by atoms with Crippen molar-refractivity contribution in [2.24, 2.45) is 0 Å². The number of hydrogen-bond donors (Lipinski definition) is 1. The number of aryl methyl sites for hydroxylation is 1. The second-order valence-electron chi connectivity index (χ2n) is 8.05. The third-order valence-corrected chi connectivity index (χ3v) is 5.74. The Morgan fingerprint density at radius 1 is 1.10 bits per heavy atom. The molecule has 2 aliphatic heterocycles. The Labute approximate surface area is 178 Å². The molecule has 2 aromatic carbocycles. The van der Waals surface area contributed by atoms with Crippen molar-refractivity contribution >= 4 is 11.6 Å². The largest absolute Gasteiger partial charge is 0.490 e. The summed E-state index contributed by atoms with van der Waals surface area (Å²) in [5.41, 5.74) is 3.05. The van der Waals surface area contributed by atoms with Crippen LogP contribution in [0.3, 0.4) is 0 Å². The lowest BCUT2D eigenvalue weighted by Gasteiger charge is -2.41. The number of benzene rings is 2. The van der Waals surface area contributed by atoms with E-state index in [4.69, 9.17) is 9.47 Å². The van der Waals surface area contributed by atoms with Gasteiger partial charge in [-0.05, 0) is 49.6 Å². The van der Waals surface area contributed by atoms with Crippen LogP contribution in [0.15, 0.2) is 54.9 Å². The first-order valence-electron chi connectivity index (χ1n) is 10.6. The van der Waals surface area contributed by atoms with E-state index in [1.807, 2.05) is 36.4 Å². The summed E-state index contributed by atoms with van der Waals surface area (Å²) >= 11 is 0. The molecule has 3 aromatic rings. The van der Waals surface area contributed by atoms with Crippen LogP contribution < -0.4 is 10.1 Å². The maximum atomic E-state index is 6.32. The van der Waals surface area contributed by atoms with Crippen LogP contribution >= 0.6 is 0 Å². The van der Waals surface area contributed by atoms with E-state index in [0.717, 1.165) is 61.8 Å². The molecule has 7 nitrogen and oxygen atoms in total. The lowest BCUT2D eigenvalue weighted by atomic mass is 10.0. The Morgan fingerprint density at radius 3 is 2.63 bits per heavy atom. The van der Waals surface area contributed by atoms with Crippen LogP contribution in [0.4, 0.5) is 11.6 Å². The van der Waals surface area contributed by atoms with Crippen LogP contribution in [0.5, 0.6) is 5.75 Å².